The Morgan fingerprint density at radius 2 is 2.29 bits per heavy atom. The van der Waals surface area contributed by atoms with Crippen LogP contribution < -0.4 is 0 Å². The van der Waals surface area contributed by atoms with E-state index in [9.17, 15) is 0 Å². The van der Waals surface area contributed by atoms with Crippen LogP contribution in [-0.4, -0.2) is 12.3 Å². The lowest BCUT2D eigenvalue weighted by atomic mass is 10.8. The molecule has 3 heteroatoms. The second-order valence-electron chi connectivity index (χ2n) is 1.81. The molecule has 1 saturated carbocycles. The molecule has 1 fully saturated rings. The van der Waals surface area contributed by atoms with Gasteiger partial charge >= 0.3 is 0 Å². The van der Waals surface area contributed by atoms with E-state index in [0.29, 0.717) is 6.04 Å². The third kappa shape index (κ3) is 1.92. The Balaban J connectivity index is 2.44. The van der Waals surface area contributed by atoms with E-state index in [0.717, 1.165) is 0 Å². The summed E-state index contributed by atoms with van der Waals surface area (Å²) in [5.74, 6) is 0. The molecule has 42 valence electrons. The highest BCUT2D eigenvalue weighted by Gasteiger charge is 2.15. The quantitative estimate of drug-likeness (QED) is 0.503. The highest BCUT2D eigenvalue weighted by atomic mass is 32.2. The number of rotatable bonds is 1. The second kappa shape index (κ2) is 1.82. The summed E-state index contributed by atoms with van der Waals surface area (Å²) < 4.78 is 11.1. The summed E-state index contributed by atoms with van der Waals surface area (Å²) in [4.78, 5) is 0. The molecule has 0 radical (unpaired) electrons. The highest BCUT2D eigenvalue weighted by Crippen LogP contribution is 2.23. The van der Waals surface area contributed by atoms with Crippen molar-refractivity contribution in [1.29, 1.82) is 4.78 Å². The van der Waals surface area contributed by atoms with Gasteiger partial charge in [0.05, 0.1) is 0 Å². The van der Waals surface area contributed by atoms with Gasteiger partial charge < -0.3 is 19.6 Å². The molecular formula is C4H9N2S-. The molecule has 0 saturated heterocycles. The Morgan fingerprint density at radius 1 is 1.71 bits per heavy atom. The lowest BCUT2D eigenvalue weighted by molar-refractivity contribution is 1.09. The first kappa shape index (κ1) is 5.09. The molecule has 0 unspecified atom stereocenters. The van der Waals surface area contributed by atoms with E-state index in [1.807, 2.05) is 6.26 Å². The fourth-order valence-corrected chi connectivity index (χ4v) is 1.06. The van der Waals surface area contributed by atoms with Crippen LogP contribution in [-0.2, 0) is 10.5 Å². The second-order valence-corrected chi connectivity index (χ2v) is 2.98. The van der Waals surface area contributed by atoms with Crippen LogP contribution in [0.5, 0.6) is 0 Å². The summed E-state index contributed by atoms with van der Waals surface area (Å²) in [6, 6.07) is 0.575. The molecule has 0 aliphatic heterocycles. The molecule has 0 aromatic carbocycles. The summed E-state index contributed by atoms with van der Waals surface area (Å²) in [6.45, 7) is 0. The van der Waals surface area contributed by atoms with Crippen LogP contribution in [0.3, 0.4) is 0 Å². The predicted molar refractivity (Wildman–Crippen MR) is 31.5 cm³/mol. The molecule has 1 rings (SSSR count). The SMILES string of the molecule is C[S-](=N)=NC1CC1. The van der Waals surface area contributed by atoms with Gasteiger partial charge in [-0.15, -0.1) is 6.26 Å². The van der Waals surface area contributed by atoms with Crippen molar-refractivity contribution in [2.24, 2.45) is 4.36 Å². The van der Waals surface area contributed by atoms with Crippen LogP contribution >= 0.6 is 0 Å². The molecule has 0 aromatic rings. The van der Waals surface area contributed by atoms with Crippen molar-refractivity contribution < 1.29 is 0 Å². The Morgan fingerprint density at radius 3 is 2.43 bits per heavy atom. The minimum Gasteiger partial charge on any atom is -0.435 e. The smallest absolute Gasteiger partial charge is 0.0223 e. The molecule has 0 spiro atoms. The van der Waals surface area contributed by atoms with E-state index in [4.69, 9.17) is 4.78 Å². The topological polar surface area (TPSA) is 36.2 Å². The van der Waals surface area contributed by atoms with Gasteiger partial charge in [-0.05, 0) is 12.8 Å². The number of nitrogens with one attached hydrogen (secondary N) is 1. The minimum atomic E-state index is -0.408. The largest absolute Gasteiger partial charge is 0.435 e. The molecule has 2 nitrogen and oxygen atoms in total. The van der Waals surface area contributed by atoms with Gasteiger partial charge in [-0.25, -0.2) is 0 Å². The Hall–Kier alpha value is -0.0500. The van der Waals surface area contributed by atoms with Crippen molar-refractivity contribution in [3.8, 4) is 0 Å². The molecule has 0 heterocycles. The minimum absolute atomic E-state index is 0.408. The van der Waals surface area contributed by atoms with Gasteiger partial charge in [0.1, 0.15) is 0 Å². The molecule has 1 aliphatic rings. The maximum atomic E-state index is 7.01. The molecular weight excluding hydrogens is 108 g/mol. The van der Waals surface area contributed by atoms with Crippen molar-refractivity contribution >= 4 is 10.5 Å². The summed E-state index contributed by atoms with van der Waals surface area (Å²) in [5, 5.41) is 0. The van der Waals surface area contributed by atoms with Crippen molar-refractivity contribution in [1.82, 2.24) is 0 Å². The standard InChI is InChI=1S/C4H9N2S/c1-7(5)6-4-2-3-4/h4-5H,2-3H2,1H3/q-1. The van der Waals surface area contributed by atoms with Gasteiger partial charge in [0.2, 0.25) is 0 Å². The number of nitrogens with zero attached hydrogens (tertiary/aromatic N) is 1. The van der Waals surface area contributed by atoms with Crippen molar-refractivity contribution in [3.05, 3.63) is 0 Å². The maximum absolute atomic E-state index is 7.01. The Labute approximate surface area is 45.6 Å². The zero-order valence-corrected chi connectivity index (χ0v) is 5.16. The van der Waals surface area contributed by atoms with Crippen LogP contribution in [0.4, 0.5) is 0 Å². The molecule has 0 amide bonds. The summed E-state index contributed by atoms with van der Waals surface area (Å²) in [5.41, 5.74) is 0. The fraction of sp³-hybridized carbons (Fsp3) is 1.00. The van der Waals surface area contributed by atoms with Crippen LogP contribution in [0.1, 0.15) is 12.8 Å². The van der Waals surface area contributed by atoms with Gasteiger partial charge in [-0.2, -0.15) is 0 Å². The van der Waals surface area contributed by atoms with Crippen LogP contribution in [0.2, 0.25) is 0 Å². The van der Waals surface area contributed by atoms with E-state index in [2.05, 4.69) is 4.36 Å². The Bertz CT molecular complexity index is 131. The van der Waals surface area contributed by atoms with Crippen molar-refractivity contribution in [3.63, 3.8) is 0 Å². The fourth-order valence-electron chi connectivity index (χ4n) is 0.404. The average Bonchev–Trinajstić information content (AvgIpc) is 2.17. The van der Waals surface area contributed by atoms with Crippen molar-refractivity contribution in [2.45, 2.75) is 18.9 Å². The predicted octanol–water partition coefficient (Wildman–Crippen LogP) is 1.34. The van der Waals surface area contributed by atoms with Gasteiger partial charge in [-0.3, -0.25) is 0 Å². The first-order chi connectivity index (χ1) is 3.29. The van der Waals surface area contributed by atoms with Gasteiger partial charge in [-0.1, -0.05) is 0 Å². The third-order valence-electron chi connectivity index (χ3n) is 0.854. The van der Waals surface area contributed by atoms with E-state index in [1.54, 1.807) is 0 Å². The van der Waals surface area contributed by atoms with E-state index >= 15 is 0 Å². The highest BCUT2D eigenvalue weighted by molar-refractivity contribution is 7.75. The van der Waals surface area contributed by atoms with Crippen LogP contribution in [0, 0.1) is 4.78 Å². The molecule has 0 aromatic heterocycles. The van der Waals surface area contributed by atoms with E-state index in [-0.39, 0.29) is 0 Å². The summed E-state index contributed by atoms with van der Waals surface area (Å²) in [6.07, 6.45) is 4.30. The zero-order chi connectivity index (χ0) is 5.28. The Kier molecular flexibility index (Phi) is 1.32. The van der Waals surface area contributed by atoms with Crippen LogP contribution in [0.15, 0.2) is 4.36 Å². The molecule has 1 N–H and O–H groups in total. The van der Waals surface area contributed by atoms with Gasteiger partial charge in [0.15, 0.2) is 0 Å². The first-order valence-corrected chi connectivity index (χ1v) is 3.96. The monoisotopic (exact) mass is 117 g/mol. The molecule has 7 heavy (non-hydrogen) atoms. The number of hydrogen-bond acceptors (Lipinski definition) is 3. The van der Waals surface area contributed by atoms with Gasteiger partial charge in [0.25, 0.3) is 0 Å². The van der Waals surface area contributed by atoms with E-state index in [1.165, 1.54) is 12.8 Å². The zero-order valence-electron chi connectivity index (χ0n) is 4.35. The molecule has 0 atom stereocenters. The van der Waals surface area contributed by atoms with Gasteiger partial charge in [0, 0.05) is 6.04 Å². The normalized spacial score (nSPS) is 25.3. The van der Waals surface area contributed by atoms with E-state index < -0.39 is 10.5 Å². The third-order valence-corrected chi connectivity index (χ3v) is 1.47. The lowest BCUT2D eigenvalue weighted by Crippen LogP contribution is -1.71. The molecule has 0 bridgehead atoms. The lowest BCUT2D eigenvalue weighted by Gasteiger charge is -1.92. The average molecular weight is 117 g/mol. The summed E-state index contributed by atoms with van der Waals surface area (Å²) in [7, 11) is -0.408. The first-order valence-electron chi connectivity index (χ1n) is 2.37. The van der Waals surface area contributed by atoms with Crippen molar-refractivity contribution in [2.75, 3.05) is 6.26 Å². The summed E-state index contributed by atoms with van der Waals surface area (Å²) >= 11 is 0. The van der Waals surface area contributed by atoms with Crippen LogP contribution in [0.25, 0.3) is 0 Å². The number of hydrogen-bond donors (Lipinski definition) is 1. The maximum Gasteiger partial charge on any atom is 0.0223 e. The molecule has 1 aliphatic carbocycles.